The molecular weight excluding hydrogens is 200 g/mol. The van der Waals surface area contributed by atoms with Gasteiger partial charge in [0.2, 0.25) is 0 Å². The molecule has 0 aromatic heterocycles. The largest absolute Gasteiger partial charge is 0.768 e. The van der Waals surface area contributed by atoms with E-state index in [1.165, 1.54) is 25.1 Å². The van der Waals surface area contributed by atoms with Crippen LogP contribution in [0.5, 0.6) is 0 Å². The molecule has 0 N–H and O–H groups in total. The standard InChI is InChI=1S/C10H10O3S/c1-8(11)2-3-9-4-6-10(7-5-9)14(12)13/h2-7H,1H3,(H,12,13)/p-1/b3-2+. The van der Waals surface area contributed by atoms with Crippen LogP contribution in [0.4, 0.5) is 0 Å². The summed E-state index contributed by atoms with van der Waals surface area (Å²) in [6.07, 6.45) is 3.07. The van der Waals surface area contributed by atoms with Crippen molar-refractivity contribution in [2.45, 2.75) is 11.8 Å². The minimum Gasteiger partial charge on any atom is -0.768 e. The van der Waals surface area contributed by atoms with Gasteiger partial charge in [-0.25, -0.2) is 0 Å². The molecule has 0 aliphatic carbocycles. The maximum absolute atomic E-state index is 10.6. The summed E-state index contributed by atoms with van der Waals surface area (Å²) in [5, 5.41) is 0. The van der Waals surface area contributed by atoms with Crippen LogP contribution in [0, 0.1) is 0 Å². The number of allylic oxidation sites excluding steroid dienone is 1. The van der Waals surface area contributed by atoms with Crippen molar-refractivity contribution >= 4 is 22.9 Å². The lowest BCUT2D eigenvalue weighted by Crippen LogP contribution is -1.87. The molecule has 1 rings (SSSR count). The van der Waals surface area contributed by atoms with E-state index in [1.54, 1.807) is 18.2 Å². The Bertz CT molecular complexity index is 379. The van der Waals surface area contributed by atoms with Gasteiger partial charge in [0.15, 0.2) is 5.78 Å². The lowest BCUT2D eigenvalue weighted by Gasteiger charge is -2.03. The SMILES string of the molecule is CC(=O)/C=C/c1ccc(S(=O)[O-])cc1. The van der Waals surface area contributed by atoms with Crippen LogP contribution in [-0.2, 0) is 15.9 Å². The van der Waals surface area contributed by atoms with Crippen LogP contribution in [0.2, 0.25) is 0 Å². The molecule has 0 aliphatic heterocycles. The van der Waals surface area contributed by atoms with Gasteiger partial charge in [0.05, 0.1) is 0 Å². The van der Waals surface area contributed by atoms with Gasteiger partial charge in [-0.15, -0.1) is 0 Å². The first-order valence-electron chi connectivity index (χ1n) is 3.97. The van der Waals surface area contributed by atoms with Crippen LogP contribution in [0.25, 0.3) is 6.08 Å². The number of carbonyl (C=O) groups excluding carboxylic acids is 1. The minimum absolute atomic E-state index is 0.0403. The van der Waals surface area contributed by atoms with E-state index < -0.39 is 11.1 Å². The summed E-state index contributed by atoms with van der Waals surface area (Å²) in [4.78, 5) is 10.8. The predicted octanol–water partition coefficient (Wildman–Crippen LogP) is 1.53. The molecule has 1 aromatic carbocycles. The van der Waals surface area contributed by atoms with Gasteiger partial charge in [-0.1, -0.05) is 18.2 Å². The molecule has 0 amide bonds. The first-order chi connectivity index (χ1) is 6.59. The molecular formula is C10H9O3S-. The Hall–Kier alpha value is -1.26. The lowest BCUT2D eigenvalue weighted by atomic mass is 10.2. The fourth-order valence-corrected chi connectivity index (χ4v) is 1.26. The third kappa shape index (κ3) is 3.24. The van der Waals surface area contributed by atoms with Gasteiger partial charge in [0.1, 0.15) is 0 Å². The highest BCUT2D eigenvalue weighted by molar-refractivity contribution is 7.79. The highest BCUT2D eigenvalue weighted by atomic mass is 32.2. The van der Waals surface area contributed by atoms with Crippen molar-refractivity contribution in [2.24, 2.45) is 0 Å². The van der Waals surface area contributed by atoms with Crippen molar-refractivity contribution in [3.63, 3.8) is 0 Å². The van der Waals surface area contributed by atoms with E-state index in [0.717, 1.165) is 5.56 Å². The second-order valence-corrected chi connectivity index (χ2v) is 3.69. The Morgan fingerprint density at radius 1 is 1.36 bits per heavy atom. The second-order valence-electron chi connectivity index (χ2n) is 2.75. The fourth-order valence-electron chi connectivity index (χ4n) is 0.904. The smallest absolute Gasteiger partial charge is 0.152 e. The van der Waals surface area contributed by atoms with Crippen LogP contribution in [0.15, 0.2) is 35.2 Å². The first kappa shape index (κ1) is 10.8. The molecule has 3 nitrogen and oxygen atoms in total. The average molecular weight is 209 g/mol. The topological polar surface area (TPSA) is 57.2 Å². The summed E-state index contributed by atoms with van der Waals surface area (Å²) in [5.74, 6) is -0.0403. The van der Waals surface area contributed by atoms with Crippen LogP contribution >= 0.6 is 0 Å². The molecule has 0 saturated carbocycles. The monoisotopic (exact) mass is 209 g/mol. The first-order valence-corrected chi connectivity index (χ1v) is 5.05. The number of rotatable bonds is 3. The Morgan fingerprint density at radius 2 is 1.93 bits per heavy atom. The number of ketones is 1. The number of hydrogen-bond donors (Lipinski definition) is 0. The molecule has 74 valence electrons. The molecule has 0 bridgehead atoms. The molecule has 0 saturated heterocycles. The summed E-state index contributed by atoms with van der Waals surface area (Å²) in [5.41, 5.74) is 0.800. The van der Waals surface area contributed by atoms with Gasteiger partial charge in [0.25, 0.3) is 0 Å². The van der Waals surface area contributed by atoms with Gasteiger partial charge in [-0.3, -0.25) is 9.00 Å². The predicted molar refractivity (Wildman–Crippen MR) is 53.3 cm³/mol. The zero-order valence-corrected chi connectivity index (χ0v) is 8.41. The average Bonchev–Trinajstić information content (AvgIpc) is 2.15. The van der Waals surface area contributed by atoms with E-state index in [4.69, 9.17) is 0 Å². The Morgan fingerprint density at radius 3 is 2.36 bits per heavy atom. The van der Waals surface area contributed by atoms with E-state index in [9.17, 15) is 13.6 Å². The van der Waals surface area contributed by atoms with Crippen molar-refractivity contribution in [3.05, 3.63) is 35.9 Å². The van der Waals surface area contributed by atoms with E-state index in [1.807, 2.05) is 0 Å². The molecule has 1 atom stereocenters. The fraction of sp³-hybridized carbons (Fsp3) is 0.100. The molecule has 1 aromatic rings. The summed E-state index contributed by atoms with van der Waals surface area (Å²) in [7, 11) is 0. The van der Waals surface area contributed by atoms with E-state index in [2.05, 4.69) is 0 Å². The molecule has 14 heavy (non-hydrogen) atoms. The van der Waals surface area contributed by atoms with Gasteiger partial charge < -0.3 is 4.55 Å². The van der Waals surface area contributed by atoms with E-state index in [0.29, 0.717) is 0 Å². The third-order valence-corrected chi connectivity index (χ3v) is 2.24. The second kappa shape index (κ2) is 4.83. The van der Waals surface area contributed by atoms with Crippen molar-refractivity contribution in [2.75, 3.05) is 0 Å². The number of carbonyl (C=O) groups is 1. The molecule has 0 fully saturated rings. The van der Waals surface area contributed by atoms with Gasteiger partial charge in [-0.2, -0.15) is 0 Å². The third-order valence-electron chi connectivity index (χ3n) is 1.58. The maximum atomic E-state index is 10.6. The summed E-state index contributed by atoms with van der Waals surface area (Å²) < 4.78 is 21.0. The minimum atomic E-state index is -2.19. The van der Waals surface area contributed by atoms with Gasteiger partial charge in [-0.05, 0) is 41.8 Å². The highest BCUT2D eigenvalue weighted by Crippen LogP contribution is 2.08. The molecule has 0 aliphatic rings. The zero-order valence-electron chi connectivity index (χ0n) is 7.60. The van der Waals surface area contributed by atoms with Gasteiger partial charge >= 0.3 is 0 Å². The normalized spacial score (nSPS) is 13.0. The van der Waals surface area contributed by atoms with Gasteiger partial charge in [0, 0.05) is 4.90 Å². The summed E-state index contributed by atoms with van der Waals surface area (Å²) in [6, 6.07) is 6.26. The Kier molecular flexibility index (Phi) is 3.73. The molecule has 0 spiro atoms. The van der Waals surface area contributed by atoms with E-state index in [-0.39, 0.29) is 10.7 Å². The van der Waals surface area contributed by atoms with Crippen LogP contribution in [0.3, 0.4) is 0 Å². The number of benzene rings is 1. The quantitative estimate of drug-likeness (QED) is 0.560. The molecule has 0 heterocycles. The highest BCUT2D eigenvalue weighted by Gasteiger charge is 1.91. The zero-order chi connectivity index (χ0) is 10.6. The maximum Gasteiger partial charge on any atom is 0.152 e. The van der Waals surface area contributed by atoms with Crippen LogP contribution < -0.4 is 0 Å². The number of hydrogen-bond acceptors (Lipinski definition) is 3. The Labute approximate surface area is 84.7 Å². The lowest BCUT2D eigenvalue weighted by molar-refractivity contribution is -0.112. The van der Waals surface area contributed by atoms with E-state index >= 15 is 0 Å². The van der Waals surface area contributed by atoms with Crippen molar-refractivity contribution in [1.29, 1.82) is 0 Å². The summed E-state index contributed by atoms with van der Waals surface area (Å²) in [6.45, 7) is 1.46. The van der Waals surface area contributed by atoms with Crippen molar-refractivity contribution in [3.8, 4) is 0 Å². The summed E-state index contributed by atoms with van der Waals surface area (Å²) >= 11 is -2.19. The van der Waals surface area contributed by atoms with Crippen molar-refractivity contribution in [1.82, 2.24) is 0 Å². The van der Waals surface area contributed by atoms with Crippen LogP contribution in [-0.4, -0.2) is 14.5 Å². The van der Waals surface area contributed by atoms with Crippen LogP contribution in [0.1, 0.15) is 12.5 Å². The molecule has 4 heteroatoms. The molecule has 0 radical (unpaired) electrons. The Balaban J connectivity index is 2.83. The molecule has 1 unspecified atom stereocenters. The van der Waals surface area contributed by atoms with Crippen molar-refractivity contribution < 1.29 is 13.6 Å².